The van der Waals surface area contributed by atoms with Gasteiger partial charge in [0.05, 0.1) is 11.9 Å². The summed E-state index contributed by atoms with van der Waals surface area (Å²) in [7, 11) is 0. The van der Waals surface area contributed by atoms with Crippen molar-refractivity contribution in [2.75, 3.05) is 23.3 Å². The number of hydrogen-bond acceptors (Lipinski definition) is 9. The first-order valence-corrected chi connectivity index (χ1v) is 10.9. The van der Waals surface area contributed by atoms with E-state index in [0.29, 0.717) is 18.1 Å². The summed E-state index contributed by atoms with van der Waals surface area (Å²) in [5, 5.41) is 6.73. The molecule has 32 heavy (non-hydrogen) atoms. The fourth-order valence-corrected chi connectivity index (χ4v) is 4.09. The van der Waals surface area contributed by atoms with E-state index in [0.717, 1.165) is 30.1 Å². The lowest BCUT2D eigenvalue weighted by molar-refractivity contribution is 0.0996. The minimum Gasteiger partial charge on any atom is -0.410 e. The topological polar surface area (TPSA) is 135 Å². The second kappa shape index (κ2) is 9.60. The fraction of sp³-hybridized carbons (Fsp3) is 0.286. The molecule has 1 saturated heterocycles. The molecule has 3 heterocycles. The van der Waals surface area contributed by atoms with Gasteiger partial charge in [-0.15, -0.1) is 0 Å². The Hall–Kier alpha value is -3.73. The summed E-state index contributed by atoms with van der Waals surface area (Å²) in [6, 6.07) is 10.6. The Labute approximate surface area is 189 Å². The van der Waals surface area contributed by atoms with E-state index in [1.54, 1.807) is 24.3 Å². The first-order chi connectivity index (χ1) is 15.5. The van der Waals surface area contributed by atoms with Gasteiger partial charge in [-0.3, -0.25) is 4.79 Å². The summed E-state index contributed by atoms with van der Waals surface area (Å²) in [5.74, 6) is 0.674. The van der Waals surface area contributed by atoms with Gasteiger partial charge in [0.25, 0.3) is 5.91 Å². The van der Waals surface area contributed by atoms with E-state index < -0.39 is 12.0 Å². The summed E-state index contributed by atoms with van der Waals surface area (Å²) in [5.41, 5.74) is 6.38. The summed E-state index contributed by atoms with van der Waals surface area (Å²) in [6.07, 6.45) is 2.69. The van der Waals surface area contributed by atoms with Crippen LogP contribution in [0.2, 0.25) is 0 Å². The molecule has 0 saturated carbocycles. The van der Waals surface area contributed by atoms with Crippen LogP contribution in [0.25, 0.3) is 0 Å². The Balaban J connectivity index is 1.45. The maximum atomic E-state index is 12.3. The van der Waals surface area contributed by atoms with E-state index in [4.69, 9.17) is 10.5 Å². The average Bonchev–Trinajstić information content (AvgIpc) is 3.19. The number of piperidine rings is 1. The Morgan fingerprint density at radius 1 is 1.28 bits per heavy atom. The van der Waals surface area contributed by atoms with E-state index in [1.807, 2.05) is 24.0 Å². The molecule has 10 nitrogen and oxygen atoms in total. The Morgan fingerprint density at radius 2 is 2.09 bits per heavy atom. The summed E-state index contributed by atoms with van der Waals surface area (Å²) in [4.78, 5) is 34.9. The van der Waals surface area contributed by atoms with Gasteiger partial charge < -0.3 is 26.0 Å². The van der Waals surface area contributed by atoms with Gasteiger partial charge in [0.2, 0.25) is 0 Å². The fourth-order valence-electron chi connectivity index (χ4n) is 3.43. The number of carbonyl (C=O) groups excluding carboxylic acids is 2. The molecular weight excluding hydrogens is 430 g/mol. The van der Waals surface area contributed by atoms with E-state index in [9.17, 15) is 9.59 Å². The lowest BCUT2D eigenvalue weighted by atomic mass is 10.1. The molecule has 0 unspecified atom stereocenters. The lowest BCUT2D eigenvalue weighted by Crippen LogP contribution is -2.48. The standard InChI is InChI=1S/C21H23N7O3S/c1-13-10-17(32-27-13)26-20-18(19(22)29)23-11-16(25-20)28-9-5-6-14(12-28)24-21(30)31-15-7-3-2-4-8-15/h2-4,7-8,10-11,14H,5-6,9,12H2,1H3,(H2,22,29)(H,24,30)(H,25,26)/t14-/m1/s1. The number of rotatable bonds is 6. The highest BCUT2D eigenvalue weighted by Crippen LogP contribution is 2.25. The zero-order valence-corrected chi connectivity index (χ0v) is 18.3. The van der Waals surface area contributed by atoms with Crippen molar-refractivity contribution >= 4 is 40.2 Å². The van der Waals surface area contributed by atoms with E-state index in [1.165, 1.54) is 17.7 Å². The van der Waals surface area contributed by atoms with E-state index >= 15 is 0 Å². The molecular formula is C21H23N7O3S. The maximum Gasteiger partial charge on any atom is 0.412 e. The van der Waals surface area contributed by atoms with Gasteiger partial charge in [0.15, 0.2) is 11.5 Å². The van der Waals surface area contributed by atoms with Crippen molar-refractivity contribution in [3.05, 3.63) is 54.0 Å². The highest BCUT2D eigenvalue weighted by molar-refractivity contribution is 7.10. The highest BCUT2D eigenvalue weighted by atomic mass is 32.1. The number of ether oxygens (including phenoxy) is 1. The van der Waals surface area contributed by atoms with Crippen LogP contribution in [0, 0.1) is 6.92 Å². The van der Waals surface area contributed by atoms with Crippen LogP contribution < -0.4 is 26.0 Å². The smallest absolute Gasteiger partial charge is 0.410 e. The molecule has 0 spiro atoms. The van der Waals surface area contributed by atoms with Crippen LogP contribution in [-0.2, 0) is 0 Å². The SMILES string of the molecule is Cc1cc(Nc2nc(N3CCC[C@@H](NC(=O)Oc4ccccc4)C3)cnc2C(N)=O)sn1. The van der Waals surface area contributed by atoms with Crippen molar-refractivity contribution in [2.45, 2.75) is 25.8 Å². The quantitative estimate of drug-likeness (QED) is 0.518. The van der Waals surface area contributed by atoms with Crippen LogP contribution in [0.3, 0.4) is 0 Å². The van der Waals surface area contributed by atoms with E-state index in [2.05, 4.69) is 25.0 Å². The third kappa shape index (κ3) is 5.30. The van der Waals surface area contributed by atoms with Gasteiger partial charge in [-0.2, -0.15) is 4.37 Å². The number of anilines is 3. The van der Waals surface area contributed by atoms with Crippen LogP contribution in [-0.4, -0.2) is 45.5 Å². The average molecular weight is 454 g/mol. The van der Waals surface area contributed by atoms with Crippen molar-refractivity contribution in [2.24, 2.45) is 5.73 Å². The molecule has 1 atom stereocenters. The lowest BCUT2D eigenvalue weighted by Gasteiger charge is -2.33. The van der Waals surface area contributed by atoms with Crippen LogP contribution in [0.15, 0.2) is 42.6 Å². The van der Waals surface area contributed by atoms with Crippen LogP contribution in [0.1, 0.15) is 29.0 Å². The number of aryl methyl sites for hydroxylation is 1. The maximum absolute atomic E-state index is 12.3. The molecule has 0 bridgehead atoms. The zero-order valence-electron chi connectivity index (χ0n) is 17.4. The molecule has 1 aromatic carbocycles. The predicted octanol–water partition coefficient (Wildman–Crippen LogP) is 2.84. The minimum absolute atomic E-state index is 0.0536. The van der Waals surface area contributed by atoms with Crippen molar-refractivity contribution in [3.63, 3.8) is 0 Å². The van der Waals surface area contributed by atoms with Gasteiger partial charge in [0.1, 0.15) is 16.6 Å². The number of amides is 2. The molecule has 0 aliphatic carbocycles. The summed E-state index contributed by atoms with van der Waals surface area (Å²) >= 11 is 1.26. The molecule has 4 N–H and O–H groups in total. The van der Waals surface area contributed by atoms with Crippen LogP contribution >= 0.6 is 11.5 Å². The summed E-state index contributed by atoms with van der Waals surface area (Å²) in [6.45, 7) is 3.16. The summed E-state index contributed by atoms with van der Waals surface area (Å²) < 4.78 is 9.54. The van der Waals surface area contributed by atoms with Crippen LogP contribution in [0.5, 0.6) is 5.75 Å². The number of nitrogens with zero attached hydrogens (tertiary/aromatic N) is 4. The van der Waals surface area contributed by atoms with Crippen molar-refractivity contribution < 1.29 is 14.3 Å². The van der Waals surface area contributed by atoms with Gasteiger partial charge in [-0.05, 0) is 49.5 Å². The Kier molecular flexibility index (Phi) is 6.45. The molecule has 0 radical (unpaired) electrons. The molecule has 1 aliphatic rings. The van der Waals surface area contributed by atoms with Gasteiger partial charge in [0, 0.05) is 19.1 Å². The van der Waals surface area contributed by atoms with Crippen molar-refractivity contribution in [3.8, 4) is 5.75 Å². The number of para-hydroxylation sites is 1. The first kappa shape index (κ1) is 21.5. The zero-order chi connectivity index (χ0) is 22.5. The molecule has 3 aromatic rings. The Bertz CT molecular complexity index is 1110. The third-order valence-electron chi connectivity index (χ3n) is 4.88. The third-order valence-corrected chi connectivity index (χ3v) is 5.68. The number of hydrogen-bond donors (Lipinski definition) is 3. The van der Waals surface area contributed by atoms with Crippen LogP contribution in [0.4, 0.5) is 21.4 Å². The van der Waals surface area contributed by atoms with E-state index in [-0.39, 0.29) is 17.6 Å². The Morgan fingerprint density at radius 3 is 2.81 bits per heavy atom. The number of benzene rings is 1. The number of aromatic nitrogens is 3. The van der Waals surface area contributed by atoms with Gasteiger partial charge in [-0.1, -0.05) is 18.2 Å². The monoisotopic (exact) mass is 453 g/mol. The molecule has 1 fully saturated rings. The number of nitrogens with two attached hydrogens (primary N) is 1. The molecule has 2 aromatic heterocycles. The normalized spacial score (nSPS) is 15.8. The second-order valence-corrected chi connectivity index (χ2v) is 8.18. The van der Waals surface area contributed by atoms with Gasteiger partial charge in [-0.25, -0.2) is 14.8 Å². The number of nitrogens with one attached hydrogen (secondary N) is 2. The van der Waals surface area contributed by atoms with Crippen molar-refractivity contribution in [1.82, 2.24) is 19.7 Å². The number of primary amides is 1. The minimum atomic E-state index is -0.672. The predicted molar refractivity (Wildman–Crippen MR) is 122 cm³/mol. The molecule has 4 rings (SSSR count). The molecule has 2 amide bonds. The molecule has 1 aliphatic heterocycles. The second-order valence-electron chi connectivity index (χ2n) is 7.38. The first-order valence-electron chi connectivity index (χ1n) is 10.1. The number of carbonyl (C=O) groups is 2. The largest absolute Gasteiger partial charge is 0.412 e. The highest BCUT2D eigenvalue weighted by Gasteiger charge is 2.25. The van der Waals surface area contributed by atoms with Crippen molar-refractivity contribution in [1.29, 1.82) is 0 Å². The molecule has 11 heteroatoms. The molecule has 166 valence electrons. The van der Waals surface area contributed by atoms with Gasteiger partial charge >= 0.3 is 6.09 Å².